The van der Waals surface area contributed by atoms with Crippen molar-refractivity contribution >= 4 is 33.2 Å². The first kappa shape index (κ1) is 20.4. The van der Waals surface area contributed by atoms with Gasteiger partial charge in [-0.25, -0.2) is 13.1 Å². The third kappa shape index (κ3) is 6.39. The molecule has 2 aromatic rings. The predicted octanol–water partition coefficient (Wildman–Crippen LogP) is 1.96. The Balaban J connectivity index is 1.91. The fourth-order valence-corrected chi connectivity index (χ4v) is 3.15. The molecule has 0 aliphatic heterocycles. The van der Waals surface area contributed by atoms with Gasteiger partial charge >= 0.3 is 0 Å². The van der Waals surface area contributed by atoms with Crippen LogP contribution in [0.1, 0.15) is 13.8 Å². The minimum absolute atomic E-state index is 0.00882. The second-order valence-electron chi connectivity index (χ2n) is 5.54. The van der Waals surface area contributed by atoms with Crippen LogP contribution in [0.5, 0.6) is 5.75 Å². The average Bonchev–Trinajstić information content (AvgIpc) is 2.62. The summed E-state index contributed by atoms with van der Waals surface area (Å²) >= 11 is 0. The maximum Gasteiger partial charge on any atom is 0.241 e. The molecular formula is C18H21N3O5S. The zero-order valence-electron chi connectivity index (χ0n) is 15.0. The first-order chi connectivity index (χ1) is 12.8. The summed E-state index contributed by atoms with van der Waals surface area (Å²) in [5.74, 6) is -0.0776. The van der Waals surface area contributed by atoms with Gasteiger partial charge < -0.3 is 15.4 Å². The van der Waals surface area contributed by atoms with Gasteiger partial charge in [0.1, 0.15) is 5.75 Å². The van der Waals surface area contributed by atoms with E-state index in [9.17, 15) is 18.0 Å². The first-order valence-electron chi connectivity index (χ1n) is 8.20. The van der Waals surface area contributed by atoms with E-state index in [1.54, 1.807) is 24.3 Å². The van der Waals surface area contributed by atoms with E-state index in [0.29, 0.717) is 23.7 Å². The summed E-state index contributed by atoms with van der Waals surface area (Å²) in [4.78, 5) is 22.9. The number of nitrogens with one attached hydrogen (secondary N) is 3. The lowest BCUT2D eigenvalue weighted by Crippen LogP contribution is -2.32. The fraction of sp³-hybridized carbons (Fsp3) is 0.222. The van der Waals surface area contributed by atoms with Crippen molar-refractivity contribution in [3.63, 3.8) is 0 Å². The molecule has 9 heteroatoms. The Hall–Kier alpha value is -2.91. The van der Waals surface area contributed by atoms with E-state index in [2.05, 4.69) is 15.4 Å². The largest absolute Gasteiger partial charge is 0.494 e. The molecule has 3 N–H and O–H groups in total. The maximum atomic E-state index is 12.2. The molecule has 0 bridgehead atoms. The predicted molar refractivity (Wildman–Crippen MR) is 102 cm³/mol. The molecule has 0 unspecified atom stereocenters. The van der Waals surface area contributed by atoms with Crippen molar-refractivity contribution in [3.8, 4) is 5.75 Å². The average molecular weight is 391 g/mol. The molecule has 0 aliphatic carbocycles. The van der Waals surface area contributed by atoms with E-state index in [4.69, 9.17) is 4.74 Å². The molecule has 0 saturated carbocycles. The van der Waals surface area contributed by atoms with E-state index in [1.165, 1.54) is 31.2 Å². The van der Waals surface area contributed by atoms with Crippen molar-refractivity contribution in [1.82, 2.24) is 4.72 Å². The number of amides is 2. The van der Waals surface area contributed by atoms with Gasteiger partial charge in [-0.1, -0.05) is 0 Å². The van der Waals surface area contributed by atoms with Gasteiger partial charge in [0.2, 0.25) is 21.8 Å². The monoisotopic (exact) mass is 391 g/mol. The van der Waals surface area contributed by atoms with Crippen LogP contribution in [0.15, 0.2) is 53.4 Å². The van der Waals surface area contributed by atoms with Crippen LogP contribution in [0.2, 0.25) is 0 Å². The molecule has 0 fully saturated rings. The Labute approximate surface area is 158 Å². The molecule has 0 heterocycles. The minimum Gasteiger partial charge on any atom is -0.494 e. The van der Waals surface area contributed by atoms with Crippen LogP contribution in [0.3, 0.4) is 0 Å². The fourth-order valence-electron chi connectivity index (χ4n) is 2.17. The number of sulfonamides is 1. The van der Waals surface area contributed by atoms with Crippen molar-refractivity contribution < 1.29 is 22.7 Å². The summed E-state index contributed by atoms with van der Waals surface area (Å²) in [6.07, 6.45) is 0. The van der Waals surface area contributed by atoms with Gasteiger partial charge in [0.15, 0.2) is 0 Å². The minimum atomic E-state index is -3.85. The van der Waals surface area contributed by atoms with Crippen LogP contribution in [0, 0.1) is 0 Å². The first-order valence-corrected chi connectivity index (χ1v) is 9.68. The summed E-state index contributed by atoms with van der Waals surface area (Å²) in [6, 6.07) is 12.4. The third-order valence-electron chi connectivity index (χ3n) is 3.36. The Morgan fingerprint density at radius 3 is 2.04 bits per heavy atom. The van der Waals surface area contributed by atoms with E-state index in [0.717, 1.165) is 0 Å². The van der Waals surface area contributed by atoms with Gasteiger partial charge in [0.25, 0.3) is 0 Å². The van der Waals surface area contributed by atoms with Crippen LogP contribution in [0.4, 0.5) is 11.4 Å². The second kappa shape index (κ2) is 9.15. The molecule has 2 amide bonds. The van der Waals surface area contributed by atoms with E-state index >= 15 is 0 Å². The Kier molecular flexibility index (Phi) is 6.91. The lowest BCUT2D eigenvalue weighted by atomic mass is 10.3. The molecule has 0 aliphatic rings. The lowest BCUT2D eigenvalue weighted by Gasteiger charge is -2.09. The molecule has 2 aromatic carbocycles. The molecule has 144 valence electrons. The van der Waals surface area contributed by atoms with Crippen molar-refractivity contribution in [2.45, 2.75) is 18.7 Å². The van der Waals surface area contributed by atoms with Gasteiger partial charge in [0.05, 0.1) is 18.0 Å². The number of carbonyl (C=O) groups excluding carboxylic acids is 2. The SMILES string of the molecule is CCOc1ccc(NC(=O)CNS(=O)(=O)c2ccc(NC(C)=O)cc2)cc1. The van der Waals surface area contributed by atoms with E-state index in [-0.39, 0.29) is 10.8 Å². The van der Waals surface area contributed by atoms with Gasteiger partial charge in [0, 0.05) is 18.3 Å². The number of hydrogen-bond donors (Lipinski definition) is 3. The van der Waals surface area contributed by atoms with Crippen LogP contribution >= 0.6 is 0 Å². The van der Waals surface area contributed by atoms with Gasteiger partial charge in [-0.2, -0.15) is 0 Å². The van der Waals surface area contributed by atoms with Crippen molar-refractivity contribution in [3.05, 3.63) is 48.5 Å². The highest BCUT2D eigenvalue weighted by molar-refractivity contribution is 7.89. The third-order valence-corrected chi connectivity index (χ3v) is 4.77. The number of rotatable bonds is 8. The zero-order valence-corrected chi connectivity index (χ0v) is 15.8. The lowest BCUT2D eigenvalue weighted by molar-refractivity contribution is -0.115. The molecule has 8 nitrogen and oxygen atoms in total. The summed E-state index contributed by atoms with van der Waals surface area (Å²) in [5, 5.41) is 5.14. The molecule has 27 heavy (non-hydrogen) atoms. The number of ether oxygens (including phenoxy) is 1. The van der Waals surface area contributed by atoms with Crippen LogP contribution in [-0.4, -0.2) is 33.4 Å². The molecule has 0 aromatic heterocycles. The molecule has 0 atom stereocenters. The highest BCUT2D eigenvalue weighted by atomic mass is 32.2. The number of carbonyl (C=O) groups is 2. The summed E-state index contributed by atoms with van der Waals surface area (Å²) in [5.41, 5.74) is 1.01. The van der Waals surface area contributed by atoms with Crippen molar-refractivity contribution in [1.29, 1.82) is 0 Å². The van der Waals surface area contributed by atoms with E-state index < -0.39 is 22.5 Å². The summed E-state index contributed by atoms with van der Waals surface area (Å²) < 4.78 is 32.0. The Morgan fingerprint density at radius 1 is 0.926 bits per heavy atom. The topological polar surface area (TPSA) is 114 Å². The standard InChI is InChI=1S/C18H21N3O5S/c1-3-26-16-8-4-15(5-9-16)21-18(23)12-19-27(24,25)17-10-6-14(7-11-17)20-13(2)22/h4-11,19H,3,12H2,1-2H3,(H,20,22)(H,21,23). The highest BCUT2D eigenvalue weighted by Crippen LogP contribution is 2.16. The van der Waals surface area contributed by atoms with Crippen LogP contribution in [-0.2, 0) is 19.6 Å². The smallest absolute Gasteiger partial charge is 0.241 e. The summed E-state index contributed by atoms with van der Waals surface area (Å²) in [7, 11) is -3.85. The Bertz CT molecular complexity index is 894. The molecule has 2 rings (SSSR count). The Morgan fingerprint density at radius 2 is 1.48 bits per heavy atom. The number of hydrogen-bond acceptors (Lipinski definition) is 5. The quantitative estimate of drug-likeness (QED) is 0.637. The highest BCUT2D eigenvalue weighted by Gasteiger charge is 2.15. The zero-order chi connectivity index (χ0) is 19.9. The maximum absolute atomic E-state index is 12.2. The second-order valence-corrected chi connectivity index (χ2v) is 7.30. The van der Waals surface area contributed by atoms with Gasteiger partial charge in [-0.3, -0.25) is 9.59 Å². The normalized spacial score (nSPS) is 10.9. The van der Waals surface area contributed by atoms with Gasteiger partial charge in [-0.15, -0.1) is 0 Å². The molecular weight excluding hydrogens is 370 g/mol. The van der Waals surface area contributed by atoms with Gasteiger partial charge in [-0.05, 0) is 55.5 Å². The molecule has 0 radical (unpaired) electrons. The number of benzene rings is 2. The molecule has 0 saturated heterocycles. The van der Waals surface area contributed by atoms with Crippen molar-refractivity contribution in [2.24, 2.45) is 0 Å². The van der Waals surface area contributed by atoms with Crippen LogP contribution in [0.25, 0.3) is 0 Å². The van der Waals surface area contributed by atoms with E-state index in [1.807, 2.05) is 6.92 Å². The summed E-state index contributed by atoms with van der Waals surface area (Å²) in [6.45, 7) is 3.35. The number of anilines is 2. The van der Waals surface area contributed by atoms with Crippen molar-refractivity contribution in [2.75, 3.05) is 23.8 Å². The molecule has 0 spiro atoms. The van der Waals surface area contributed by atoms with Crippen LogP contribution < -0.4 is 20.1 Å².